The van der Waals surface area contributed by atoms with Crippen molar-refractivity contribution in [2.24, 2.45) is 5.41 Å². The van der Waals surface area contributed by atoms with Crippen LogP contribution in [0.5, 0.6) is 5.75 Å². The maximum absolute atomic E-state index is 11.8. The lowest BCUT2D eigenvalue weighted by Crippen LogP contribution is -2.46. The average Bonchev–Trinajstić information content (AvgIpc) is 3.16. The smallest absolute Gasteiger partial charge is 0.407 e. The molecule has 5 heteroatoms. The number of rotatable bonds is 5. The predicted octanol–water partition coefficient (Wildman–Crippen LogP) is 3.23. The summed E-state index contributed by atoms with van der Waals surface area (Å²) in [6.07, 6.45) is 3.04. The summed E-state index contributed by atoms with van der Waals surface area (Å²) in [4.78, 5) is 11.8. The third kappa shape index (κ3) is 4.01. The minimum absolute atomic E-state index is 0.284. The summed E-state index contributed by atoms with van der Waals surface area (Å²) in [5.41, 5.74) is 1.14. The lowest BCUT2D eigenvalue weighted by molar-refractivity contribution is 0.0502. The molecule has 1 atom stereocenters. The predicted molar refractivity (Wildman–Crippen MR) is 93.1 cm³/mol. The average molecular weight is 332 g/mol. The Morgan fingerprint density at radius 2 is 1.88 bits per heavy atom. The van der Waals surface area contributed by atoms with E-state index in [1.54, 1.807) is 7.11 Å². The van der Waals surface area contributed by atoms with Crippen LogP contribution in [0.1, 0.15) is 45.6 Å². The van der Waals surface area contributed by atoms with Crippen molar-refractivity contribution in [2.75, 3.05) is 7.11 Å². The van der Waals surface area contributed by atoms with Gasteiger partial charge in [-0.3, -0.25) is 0 Å². The van der Waals surface area contributed by atoms with Crippen LogP contribution in [0.25, 0.3) is 0 Å². The second kappa shape index (κ2) is 6.28. The summed E-state index contributed by atoms with van der Waals surface area (Å²) in [5, 5.41) is 6.60. The molecule has 1 aromatic rings. The van der Waals surface area contributed by atoms with Gasteiger partial charge in [0.15, 0.2) is 0 Å². The Labute approximate surface area is 144 Å². The highest BCUT2D eigenvalue weighted by Gasteiger charge is 2.62. The fraction of sp³-hybridized carbons (Fsp3) is 0.632. The Bertz CT molecular complexity index is 586. The first kappa shape index (κ1) is 17.1. The molecule has 132 valence electrons. The topological polar surface area (TPSA) is 59.6 Å². The van der Waals surface area contributed by atoms with Crippen molar-refractivity contribution < 1.29 is 14.3 Å². The molecule has 0 aliphatic heterocycles. The first-order valence-corrected chi connectivity index (χ1v) is 8.65. The van der Waals surface area contributed by atoms with Crippen molar-refractivity contribution in [1.29, 1.82) is 0 Å². The van der Waals surface area contributed by atoms with Gasteiger partial charge in [0.2, 0.25) is 0 Å². The molecule has 2 aliphatic carbocycles. The quantitative estimate of drug-likeness (QED) is 0.869. The van der Waals surface area contributed by atoms with Gasteiger partial charge in [0.05, 0.1) is 7.11 Å². The molecule has 24 heavy (non-hydrogen) atoms. The Morgan fingerprint density at radius 1 is 1.21 bits per heavy atom. The van der Waals surface area contributed by atoms with Crippen molar-refractivity contribution in [3.05, 3.63) is 29.8 Å². The number of carbonyl (C=O) groups excluding carboxylic acids is 1. The summed E-state index contributed by atoms with van der Waals surface area (Å²) in [6.45, 7) is 6.53. The fourth-order valence-corrected chi connectivity index (χ4v) is 3.52. The number of methoxy groups -OCH3 is 1. The van der Waals surface area contributed by atoms with Crippen LogP contribution < -0.4 is 15.4 Å². The first-order chi connectivity index (χ1) is 11.3. The summed E-state index contributed by atoms with van der Waals surface area (Å²) in [6, 6.07) is 8.97. The summed E-state index contributed by atoms with van der Waals surface area (Å²) >= 11 is 0. The minimum atomic E-state index is -0.436. The molecule has 2 N–H and O–H groups in total. The van der Waals surface area contributed by atoms with Gasteiger partial charge < -0.3 is 20.1 Å². The highest BCUT2D eigenvalue weighted by molar-refractivity contribution is 5.69. The zero-order chi connectivity index (χ0) is 17.4. The molecule has 1 aromatic carbocycles. The van der Waals surface area contributed by atoms with Crippen molar-refractivity contribution >= 4 is 6.09 Å². The zero-order valence-electron chi connectivity index (χ0n) is 15.0. The molecular formula is C19H28N2O3. The van der Waals surface area contributed by atoms with Crippen LogP contribution in [0.2, 0.25) is 0 Å². The fourth-order valence-electron chi connectivity index (χ4n) is 3.52. The van der Waals surface area contributed by atoms with Gasteiger partial charge in [-0.2, -0.15) is 0 Å². The maximum Gasteiger partial charge on any atom is 0.407 e. The molecule has 2 aliphatic rings. The molecule has 1 spiro atoms. The second-order valence-electron chi connectivity index (χ2n) is 8.10. The highest BCUT2D eigenvalue weighted by atomic mass is 16.6. The zero-order valence-corrected chi connectivity index (χ0v) is 15.0. The highest BCUT2D eigenvalue weighted by Crippen LogP contribution is 2.60. The number of hydrogen-bond donors (Lipinski definition) is 2. The lowest BCUT2D eigenvalue weighted by Gasteiger charge is -2.37. The van der Waals surface area contributed by atoms with Crippen molar-refractivity contribution in [1.82, 2.24) is 10.6 Å². The molecule has 3 rings (SSSR count). The molecule has 2 saturated carbocycles. The van der Waals surface area contributed by atoms with Crippen molar-refractivity contribution in [2.45, 2.75) is 64.3 Å². The van der Waals surface area contributed by atoms with Gasteiger partial charge in [-0.15, -0.1) is 0 Å². The summed E-state index contributed by atoms with van der Waals surface area (Å²) in [5.74, 6) is 0.885. The van der Waals surface area contributed by atoms with Crippen molar-refractivity contribution in [3.63, 3.8) is 0 Å². The lowest BCUT2D eigenvalue weighted by atomic mass is 9.76. The van der Waals surface area contributed by atoms with E-state index in [-0.39, 0.29) is 12.1 Å². The van der Waals surface area contributed by atoms with Crippen LogP contribution in [0, 0.1) is 5.41 Å². The standard InChI is InChI=1S/C19H28N2O3/c1-18(2,3)24-17(22)21-16-11-19(16)9-14(10-19)20-12-13-5-7-15(23-4)8-6-13/h5-8,14,16,20H,9-12H2,1-4H3,(H,21,22). The van der Waals surface area contributed by atoms with Gasteiger partial charge in [0, 0.05) is 18.6 Å². The SMILES string of the molecule is COc1ccc(CNC2CC3(C2)CC3NC(=O)OC(C)(C)C)cc1. The van der Waals surface area contributed by atoms with Gasteiger partial charge in [-0.05, 0) is 63.1 Å². The number of ether oxygens (including phenoxy) is 2. The van der Waals surface area contributed by atoms with E-state index >= 15 is 0 Å². The number of hydrogen-bond acceptors (Lipinski definition) is 4. The van der Waals surface area contributed by atoms with E-state index in [0.29, 0.717) is 11.5 Å². The molecule has 0 aromatic heterocycles. The van der Waals surface area contributed by atoms with Crippen LogP contribution in [-0.2, 0) is 11.3 Å². The van der Waals surface area contributed by atoms with Gasteiger partial charge in [-0.1, -0.05) is 12.1 Å². The van der Waals surface area contributed by atoms with E-state index < -0.39 is 5.60 Å². The van der Waals surface area contributed by atoms with Crippen LogP contribution >= 0.6 is 0 Å². The molecule has 2 fully saturated rings. The van der Waals surface area contributed by atoms with E-state index in [1.165, 1.54) is 5.56 Å². The molecule has 0 saturated heterocycles. The maximum atomic E-state index is 11.8. The van der Waals surface area contributed by atoms with Crippen LogP contribution in [0.4, 0.5) is 4.79 Å². The third-order valence-corrected chi connectivity index (χ3v) is 4.94. The van der Waals surface area contributed by atoms with E-state index in [2.05, 4.69) is 22.8 Å². The van der Waals surface area contributed by atoms with Crippen LogP contribution in [0.15, 0.2) is 24.3 Å². The van der Waals surface area contributed by atoms with Gasteiger partial charge in [0.1, 0.15) is 11.4 Å². The summed E-state index contributed by atoms with van der Waals surface area (Å²) in [7, 11) is 1.68. The Morgan fingerprint density at radius 3 is 2.46 bits per heavy atom. The number of benzene rings is 1. The van der Waals surface area contributed by atoms with Crippen molar-refractivity contribution in [3.8, 4) is 5.75 Å². The van der Waals surface area contributed by atoms with E-state index in [1.807, 2.05) is 32.9 Å². The van der Waals surface area contributed by atoms with Gasteiger partial charge in [-0.25, -0.2) is 4.79 Å². The Balaban J connectivity index is 1.36. The van der Waals surface area contributed by atoms with Crippen LogP contribution in [0.3, 0.4) is 0 Å². The molecule has 0 radical (unpaired) electrons. The number of alkyl carbamates (subject to hydrolysis) is 1. The molecular weight excluding hydrogens is 304 g/mol. The van der Waals surface area contributed by atoms with E-state index in [9.17, 15) is 4.79 Å². The first-order valence-electron chi connectivity index (χ1n) is 8.65. The number of carbonyl (C=O) groups is 1. The normalized spacial score (nSPS) is 28.2. The Hall–Kier alpha value is -1.75. The monoisotopic (exact) mass is 332 g/mol. The Kier molecular flexibility index (Phi) is 4.47. The molecule has 0 bridgehead atoms. The van der Waals surface area contributed by atoms with E-state index in [4.69, 9.17) is 9.47 Å². The molecule has 1 unspecified atom stereocenters. The number of amides is 1. The second-order valence-corrected chi connectivity index (χ2v) is 8.10. The largest absolute Gasteiger partial charge is 0.497 e. The third-order valence-electron chi connectivity index (χ3n) is 4.94. The molecule has 5 nitrogen and oxygen atoms in total. The molecule has 1 amide bonds. The van der Waals surface area contributed by atoms with E-state index in [0.717, 1.165) is 31.6 Å². The summed E-state index contributed by atoms with van der Waals surface area (Å²) < 4.78 is 10.5. The number of nitrogens with one attached hydrogen (secondary N) is 2. The minimum Gasteiger partial charge on any atom is -0.497 e. The van der Waals surface area contributed by atoms with Gasteiger partial charge >= 0.3 is 6.09 Å². The van der Waals surface area contributed by atoms with Crippen LogP contribution in [-0.4, -0.2) is 30.9 Å². The molecule has 0 heterocycles. The van der Waals surface area contributed by atoms with Gasteiger partial charge in [0.25, 0.3) is 0 Å².